The Balaban J connectivity index is 1.99. The first kappa shape index (κ1) is 9.81. The van der Waals surface area contributed by atoms with Crippen LogP contribution in [0.25, 0.3) is 0 Å². The number of hydrogen-bond donors (Lipinski definition) is 0. The number of fused-ring (bicyclic) bond motifs is 1. The van der Waals surface area contributed by atoms with Gasteiger partial charge in [-0.1, -0.05) is 0 Å². The maximum atomic E-state index is 5.76. The van der Waals surface area contributed by atoms with Crippen LogP contribution in [0.1, 0.15) is 20.8 Å². The maximum absolute atomic E-state index is 5.76. The fourth-order valence-corrected chi connectivity index (χ4v) is 3.17. The molecule has 2 heterocycles. The third-order valence-corrected chi connectivity index (χ3v) is 4.19. The molecule has 3 heteroatoms. The molecule has 0 radical (unpaired) electrons. The molecule has 2 unspecified atom stereocenters. The summed E-state index contributed by atoms with van der Waals surface area (Å²) in [5.74, 6) is 1.18. The summed E-state index contributed by atoms with van der Waals surface area (Å²) in [6, 6.07) is 0. The van der Waals surface area contributed by atoms with Gasteiger partial charge in [-0.3, -0.25) is 4.90 Å². The molecular formula is C10H19NOS. The highest BCUT2D eigenvalue weighted by Crippen LogP contribution is 2.32. The fourth-order valence-electron chi connectivity index (χ4n) is 2.01. The summed E-state index contributed by atoms with van der Waals surface area (Å²) < 4.78 is 5.76. The molecule has 0 N–H and O–H groups in total. The van der Waals surface area contributed by atoms with Crippen molar-refractivity contribution in [2.45, 2.75) is 37.7 Å². The molecule has 13 heavy (non-hydrogen) atoms. The minimum atomic E-state index is 0.307. The van der Waals surface area contributed by atoms with E-state index in [0.717, 1.165) is 18.4 Å². The van der Waals surface area contributed by atoms with E-state index in [4.69, 9.17) is 4.74 Å². The second-order valence-electron chi connectivity index (χ2n) is 4.89. The first-order chi connectivity index (χ1) is 6.07. The lowest BCUT2D eigenvalue weighted by Gasteiger charge is -2.31. The van der Waals surface area contributed by atoms with Gasteiger partial charge in [-0.25, -0.2) is 0 Å². The van der Waals surface area contributed by atoms with E-state index >= 15 is 0 Å². The summed E-state index contributed by atoms with van der Waals surface area (Å²) >= 11 is 2.09. The largest absolute Gasteiger partial charge is 0.375 e. The number of ether oxygens (including phenoxy) is 1. The van der Waals surface area contributed by atoms with Gasteiger partial charge in [0.25, 0.3) is 0 Å². The van der Waals surface area contributed by atoms with Gasteiger partial charge in [-0.05, 0) is 20.8 Å². The Hall–Kier alpha value is 0.270. The highest BCUT2D eigenvalue weighted by atomic mass is 32.2. The SMILES string of the molecule is CC(C)(C)N1CC2OCCSC2C1. The van der Waals surface area contributed by atoms with Crippen molar-refractivity contribution in [1.82, 2.24) is 4.90 Å². The van der Waals surface area contributed by atoms with Gasteiger partial charge >= 0.3 is 0 Å². The second kappa shape index (κ2) is 3.44. The molecule has 2 rings (SSSR count). The van der Waals surface area contributed by atoms with E-state index < -0.39 is 0 Å². The lowest BCUT2D eigenvalue weighted by Crippen LogP contribution is -2.40. The van der Waals surface area contributed by atoms with Crippen LogP contribution in [0.5, 0.6) is 0 Å². The van der Waals surface area contributed by atoms with Gasteiger partial charge in [-0.2, -0.15) is 11.8 Å². The number of likely N-dealkylation sites (tertiary alicyclic amines) is 1. The van der Waals surface area contributed by atoms with E-state index in [2.05, 4.69) is 37.4 Å². The second-order valence-corrected chi connectivity index (χ2v) is 6.24. The summed E-state index contributed by atoms with van der Waals surface area (Å²) in [7, 11) is 0. The average molecular weight is 201 g/mol. The lowest BCUT2D eigenvalue weighted by atomic mass is 10.1. The standard InChI is InChI=1S/C10H19NOS/c1-10(2,3)11-6-8-9(7-11)13-5-4-12-8/h8-9H,4-7H2,1-3H3. The van der Waals surface area contributed by atoms with Crippen LogP contribution >= 0.6 is 11.8 Å². The summed E-state index contributed by atoms with van der Waals surface area (Å²) in [6.07, 6.45) is 0.498. The molecule has 0 bridgehead atoms. The molecule has 2 fully saturated rings. The number of hydrogen-bond acceptors (Lipinski definition) is 3. The molecule has 0 saturated carbocycles. The quantitative estimate of drug-likeness (QED) is 0.591. The Bertz CT molecular complexity index is 176. The minimum absolute atomic E-state index is 0.307. The van der Waals surface area contributed by atoms with Crippen LogP contribution in [0.15, 0.2) is 0 Å². The molecule has 2 aliphatic heterocycles. The van der Waals surface area contributed by atoms with Gasteiger partial charge in [0, 0.05) is 29.6 Å². The Labute approximate surface area is 85.0 Å². The normalized spacial score (nSPS) is 36.2. The highest BCUT2D eigenvalue weighted by Gasteiger charge is 2.39. The maximum Gasteiger partial charge on any atom is 0.0833 e. The van der Waals surface area contributed by atoms with Gasteiger partial charge in [0.15, 0.2) is 0 Å². The van der Waals surface area contributed by atoms with E-state index in [1.165, 1.54) is 12.3 Å². The van der Waals surface area contributed by atoms with Crippen LogP contribution < -0.4 is 0 Å². The van der Waals surface area contributed by atoms with Crippen LogP contribution in [0, 0.1) is 0 Å². The predicted molar refractivity (Wildman–Crippen MR) is 57.3 cm³/mol. The molecule has 0 spiro atoms. The summed E-state index contributed by atoms with van der Waals surface area (Å²) in [5.41, 5.74) is 0.307. The molecule has 76 valence electrons. The fraction of sp³-hybridized carbons (Fsp3) is 1.00. The topological polar surface area (TPSA) is 12.5 Å². The molecule has 2 saturated heterocycles. The third-order valence-electron chi connectivity index (χ3n) is 2.91. The zero-order valence-corrected chi connectivity index (χ0v) is 9.56. The Kier molecular flexibility index (Phi) is 2.60. The zero-order chi connectivity index (χ0) is 9.47. The van der Waals surface area contributed by atoms with Crippen molar-refractivity contribution < 1.29 is 4.74 Å². The molecule has 2 atom stereocenters. The first-order valence-electron chi connectivity index (χ1n) is 5.05. The van der Waals surface area contributed by atoms with Crippen LogP contribution in [-0.2, 0) is 4.74 Å². The van der Waals surface area contributed by atoms with Gasteiger partial charge in [0.05, 0.1) is 12.7 Å². The molecule has 0 aromatic carbocycles. The van der Waals surface area contributed by atoms with Crippen molar-refractivity contribution in [3.05, 3.63) is 0 Å². The van der Waals surface area contributed by atoms with E-state index in [1.54, 1.807) is 0 Å². The Morgan fingerprint density at radius 3 is 2.69 bits per heavy atom. The van der Waals surface area contributed by atoms with Gasteiger partial charge in [0.1, 0.15) is 0 Å². The lowest BCUT2D eigenvalue weighted by molar-refractivity contribution is 0.0565. The van der Waals surface area contributed by atoms with E-state index in [1.807, 2.05) is 0 Å². The minimum Gasteiger partial charge on any atom is -0.375 e. The molecule has 2 aliphatic rings. The molecule has 2 nitrogen and oxygen atoms in total. The molecular weight excluding hydrogens is 182 g/mol. The average Bonchev–Trinajstić information content (AvgIpc) is 2.45. The Morgan fingerprint density at radius 2 is 2.08 bits per heavy atom. The monoisotopic (exact) mass is 201 g/mol. The molecule has 0 aromatic rings. The van der Waals surface area contributed by atoms with E-state index in [-0.39, 0.29) is 0 Å². The summed E-state index contributed by atoms with van der Waals surface area (Å²) in [6.45, 7) is 10.1. The summed E-state index contributed by atoms with van der Waals surface area (Å²) in [4.78, 5) is 2.54. The van der Waals surface area contributed by atoms with Crippen LogP contribution in [0.2, 0.25) is 0 Å². The van der Waals surface area contributed by atoms with Gasteiger partial charge in [0.2, 0.25) is 0 Å². The number of rotatable bonds is 0. The molecule has 0 aliphatic carbocycles. The van der Waals surface area contributed by atoms with Gasteiger partial charge < -0.3 is 4.74 Å². The third kappa shape index (κ3) is 2.03. The molecule has 0 aromatic heterocycles. The van der Waals surface area contributed by atoms with Crippen molar-refractivity contribution in [2.75, 3.05) is 25.4 Å². The van der Waals surface area contributed by atoms with Crippen molar-refractivity contribution in [2.24, 2.45) is 0 Å². The van der Waals surface area contributed by atoms with Crippen molar-refractivity contribution in [3.63, 3.8) is 0 Å². The number of thioether (sulfide) groups is 1. The molecule has 0 amide bonds. The summed E-state index contributed by atoms with van der Waals surface area (Å²) in [5, 5.41) is 0.730. The number of nitrogens with zero attached hydrogens (tertiary/aromatic N) is 1. The van der Waals surface area contributed by atoms with Crippen molar-refractivity contribution >= 4 is 11.8 Å². The Morgan fingerprint density at radius 1 is 1.31 bits per heavy atom. The van der Waals surface area contributed by atoms with E-state index in [9.17, 15) is 0 Å². The van der Waals surface area contributed by atoms with E-state index in [0.29, 0.717) is 11.6 Å². The van der Waals surface area contributed by atoms with Crippen LogP contribution in [0.3, 0.4) is 0 Å². The first-order valence-corrected chi connectivity index (χ1v) is 6.10. The van der Waals surface area contributed by atoms with Crippen LogP contribution in [-0.4, -0.2) is 47.2 Å². The highest BCUT2D eigenvalue weighted by molar-refractivity contribution is 8.00. The van der Waals surface area contributed by atoms with Gasteiger partial charge in [-0.15, -0.1) is 0 Å². The zero-order valence-electron chi connectivity index (χ0n) is 8.75. The smallest absolute Gasteiger partial charge is 0.0833 e. The van der Waals surface area contributed by atoms with Crippen LogP contribution in [0.4, 0.5) is 0 Å². The van der Waals surface area contributed by atoms with Crippen molar-refractivity contribution in [1.29, 1.82) is 0 Å². The predicted octanol–water partition coefficient (Wildman–Crippen LogP) is 1.60. The van der Waals surface area contributed by atoms with Crippen molar-refractivity contribution in [3.8, 4) is 0 Å².